The van der Waals surface area contributed by atoms with Gasteiger partial charge in [0.1, 0.15) is 5.60 Å². The third-order valence-corrected chi connectivity index (χ3v) is 1.28. The monoisotopic (exact) mass is 481 g/mol. The summed E-state index contributed by atoms with van der Waals surface area (Å²) in [6, 6.07) is 0. The predicted octanol–water partition coefficient (Wildman–Crippen LogP) is 1.81. The maximum absolute atomic E-state index is 11.5. The van der Waals surface area contributed by atoms with Gasteiger partial charge in [-0.3, -0.25) is 4.90 Å². The summed E-state index contributed by atoms with van der Waals surface area (Å²) >= 11 is 0. The first-order valence-electron chi connectivity index (χ1n) is 5.65. The molecule has 11 heteroatoms. The van der Waals surface area contributed by atoms with Gasteiger partial charge in [0.2, 0.25) is 0 Å². The van der Waals surface area contributed by atoms with Gasteiger partial charge >= 0.3 is 73.9 Å². The Labute approximate surface area is 186 Å². The fourth-order valence-corrected chi connectivity index (χ4v) is 0.796. The molecular formula is C17H17Co2NO8. The van der Waals surface area contributed by atoms with Crippen LogP contribution in [0.5, 0.6) is 0 Å². The van der Waals surface area contributed by atoms with Gasteiger partial charge in [0.15, 0.2) is 0 Å². The average Bonchev–Trinajstić information content (AvgIpc) is 2.70. The van der Waals surface area contributed by atoms with Crippen LogP contribution in [0, 0.1) is 52.2 Å². The van der Waals surface area contributed by atoms with Crippen molar-refractivity contribution in [3.8, 4) is 12.3 Å². The molecule has 0 unspecified atom stereocenters. The zero-order valence-electron chi connectivity index (χ0n) is 15.2. The molecule has 0 rings (SSSR count). The number of terminal acetylenes is 1. The molecule has 0 aromatic rings. The number of hydrogen-bond acceptors (Lipinski definition) is 2. The van der Waals surface area contributed by atoms with Crippen molar-refractivity contribution < 1.29 is 71.0 Å². The fraction of sp³-hybridized carbons (Fsp3) is 0.353. The molecule has 0 heterocycles. The van der Waals surface area contributed by atoms with Gasteiger partial charge < -0.3 is 4.74 Å². The summed E-state index contributed by atoms with van der Waals surface area (Å²) < 4.78 is 50.1. The van der Waals surface area contributed by atoms with Crippen molar-refractivity contribution in [3.63, 3.8) is 0 Å². The van der Waals surface area contributed by atoms with Gasteiger partial charge in [0, 0.05) is 40.1 Å². The van der Waals surface area contributed by atoms with E-state index in [9.17, 15) is 4.79 Å². The van der Waals surface area contributed by atoms with Crippen LogP contribution in [0.15, 0.2) is 12.7 Å². The molecule has 2 radical (unpaired) electrons. The van der Waals surface area contributed by atoms with Crippen LogP contribution in [0.4, 0.5) is 4.79 Å². The SMILES string of the molecule is C#CCN(CC=C)C(=O)OC(C)(C)C.[C-]#[O+].[C-]#[O+].[C-]#[O+].[C-]#[O+].[C-]#[O+].[C-]#[O+].[Co].[Co]. The first-order valence-corrected chi connectivity index (χ1v) is 5.65. The Bertz CT molecular complexity index is 433. The second kappa shape index (κ2) is 64.0. The van der Waals surface area contributed by atoms with Crippen molar-refractivity contribution in [1.29, 1.82) is 0 Å². The van der Waals surface area contributed by atoms with E-state index in [0.717, 1.165) is 0 Å². The third-order valence-electron chi connectivity index (χ3n) is 1.28. The van der Waals surface area contributed by atoms with E-state index < -0.39 is 11.7 Å². The Morgan fingerprint density at radius 3 is 1.43 bits per heavy atom. The minimum Gasteiger partial charge on any atom is 0 e. The van der Waals surface area contributed by atoms with Crippen molar-refractivity contribution in [2.24, 2.45) is 0 Å². The molecule has 0 aromatic carbocycles. The number of ether oxygens (including phenoxy) is 1. The molecular weight excluding hydrogens is 464 g/mol. The van der Waals surface area contributed by atoms with Crippen molar-refractivity contribution in [2.45, 2.75) is 26.4 Å². The summed E-state index contributed by atoms with van der Waals surface area (Å²) in [5, 5.41) is 0. The number of nitrogens with zero attached hydrogens (tertiary/aromatic N) is 1. The van der Waals surface area contributed by atoms with Crippen molar-refractivity contribution in [2.75, 3.05) is 13.1 Å². The van der Waals surface area contributed by atoms with Crippen LogP contribution in [0.3, 0.4) is 0 Å². The number of amides is 1. The van der Waals surface area contributed by atoms with Crippen LogP contribution >= 0.6 is 0 Å². The molecule has 0 aromatic heterocycles. The summed E-state index contributed by atoms with van der Waals surface area (Å²) in [4.78, 5) is 12.9. The fourth-order valence-electron chi connectivity index (χ4n) is 0.796. The molecule has 0 aliphatic rings. The first kappa shape index (κ1) is 56.2. The molecule has 0 fully saturated rings. The van der Waals surface area contributed by atoms with Crippen LogP contribution in [-0.4, -0.2) is 29.7 Å². The summed E-state index contributed by atoms with van der Waals surface area (Å²) in [5.74, 6) is 2.40. The van der Waals surface area contributed by atoms with E-state index in [4.69, 9.17) is 39.1 Å². The smallest absolute Gasteiger partial charge is 0 e. The average molecular weight is 481 g/mol. The molecule has 0 saturated heterocycles. The molecule has 0 saturated carbocycles. The minimum atomic E-state index is -0.495. The Hall–Kier alpha value is -1.98. The molecule has 1 amide bonds. The van der Waals surface area contributed by atoms with E-state index in [1.54, 1.807) is 6.08 Å². The summed E-state index contributed by atoms with van der Waals surface area (Å²) in [6.07, 6.45) is 6.33. The summed E-state index contributed by atoms with van der Waals surface area (Å²) in [7, 11) is 0. The van der Waals surface area contributed by atoms with E-state index in [1.807, 2.05) is 20.8 Å². The molecule has 9 nitrogen and oxygen atoms in total. The number of hydrogen-bond donors (Lipinski definition) is 0. The largest absolute Gasteiger partial charge is 0 e. The van der Waals surface area contributed by atoms with Crippen LogP contribution in [0.2, 0.25) is 0 Å². The molecule has 0 atom stereocenters. The number of rotatable bonds is 3. The molecule has 156 valence electrons. The molecule has 0 spiro atoms. The van der Waals surface area contributed by atoms with Crippen LogP contribution < -0.4 is 0 Å². The van der Waals surface area contributed by atoms with Crippen molar-refractivity contribution in [3.05, 3.63) is 52.6 Å². The van der Waals surface area contributed by atoms with Crippen LogP contribution in [-0.2, 0) is 66.2 Å². The maximum atomic E-state index is 11.5. The zero-order chi connectivity index (χ0) is 23.2. The predicted molar refractivity (Wildman–Crippen MR) is 80.4 cm³/mol. The molecule has 0 bridgehead atoms. The summed E-state index contributed by atoms with van der Waals surface area (Å²) in [5.41, 5.74) is -0.495. The van der Waals surface area contributed by atoms with Crippen LogP contribution in [0.25, 0.3) is 0 Å². The molecule has 0 N–H and O–H groups in total. The first-order chi connectivity index (χ1) is 12.4. The van der Waals surface area contributed by atoms with Gasteiger partial charge in [0.05, 0.1) is 6.54 Å². The number of carbonyl (C=O) groups excluding carboxylic acids is 1. The third kappa shape index (κ3) is 75.1. The Morgan fingerprint density at radius 1 is 0.964 bits per heavy atom. The standard InChI is InChI=1S/C11H17NO2.6CO.2Co/c1-6-8-12(9-7-2)10(13)14-11(3,4)5;6*1-2;;/h1,7H,2,8-9H2,3-5H3;;;;;;;;. The maximum Gasteiger partial charge on any atom is 0 e. The topological polar surface area (TPSA) is 149 Å². The van der Waals surface area contributed by atoms with Gasteiger partial charge in [0.25, 0.3) is 0 Å². The minimum absolute atomic E-state index is 0. The Kier molecular flexibility index (Phi) is 128. The quantitative estimate of drug-likeness (QED) is 0.262. The normalized spacial score (nSPS) is 5.50. The molecule has 28 heavy (non-hydrogen) atoms. The Morgan fingerprint density at radius 2 is 1.25 bits per heavy atom. The van der Waals surface area contributed by atoms with E-state index in [1.165, 1.54) is 4.90 Å². The van der Waals surface area contributed by atoms with E-state index in [0.29, 0.717) is 6.54 Å². The van der Waals surface area contributed by atoms with Gasteiger partial charge in [-0.05, 0) is 20.8 Å². The van der Waals surface area contributed by atoms with E-state index in [2.05, 4.69) is 52.4 Å². The number of carbonyl (C=O) groups is 1. The van der Waals surface area contributed by atoms with E-state index in [-0.39, 0.29) is 40.1 Å². The molecule has 0 aliphatic heterocycles. The Balaban J connectivity index is -0.0000000315. The van der Waals surface area contributed by atoms with Gasteiger partial charge in [-0.1, -0.05) is 12.0 Å². The van der Waals surface area contributed by atoms with Crippen molar-refractivity contribution in [1.82, 2.24) is 4.90 Å². The second-order valence-corrected chi connectivity index (χ2v) is 3.85. The molecule has 0 aliphatic carbocycles. The van der Waals surface area contributed by atoms with Gasteiger partial charge in [-0.25, -0.2) is 4.79 Å². The van der Waals surface area contributed by atoms with Crippen molar-refractivity contribution >= 4 is 6.09 Å². The zero-order valence-corrected chi connectivity index (χ0v) is 17.2. The summed E-state index contributed by atoms with van der Waals surface area (Å²) in [6.45, 7) is 36.6. The van der Waals surface area contributed by atoms with Gasteiger partial charge in [-0.2, -0.15) is 0 Å². The van der Waals surface area contributed by atoms with Crippen LogP contribution in [0.1, 0.15) is 20.8 Å². The van der Waals surface area contributed by atoms with E-state index >= 15 is 0 Å². The second-order valence-electron chi connectivity index (χ2n) is 3.85. The van der Waals surface area contributed by atoms with Gasteiger partial charge in [-0.15, -0.1) is 13.0 Å².